The lowest BCUT2D eigenvalue weighted by molar-refractivity contribution is 0.0698. The number of carboxylic acid groups (broad SMARTS) is 1. The average molecular weight is 265 g/mol. The van der Waals surface area contributed by atoms with Gasteiger partial charge in [0.05, 0.1) is 16.9 Å². The van der Waals surface area contributed by atoms with Gasteiger partial charge in [-0.1, -0.05) is 19.9 Å². The second kappa shape index (κ2) is 5.93. The monoisotopic (exact) mass is 265 g/mol. The van der Waals surface area contributed by atoms with E-state index in [1.165, 1.54) is 0 Å². The van der Waals surface area contributed by atoms with Gasteiger partial charge in [-0.2, -0.15) is 0 Å². The van der Waals surface area contributed by atoms with Crippen LogP contribution in [0.4, 0.5) is 11.4 Å². The van der Waals surface area contributed by atoms with Crippen LogP contribution in [0.15, 0.2) is 18.2 Å². The molecule has 0 heterocycles. The fourth-order valence-electron chi connectivity index (χ4n) is 2.19. The van der Waals surface area contributed by atoms with E-state index in [1.54, 1.807) is 18.2 Å². The molecule has 0 aromatic heterocycles. The molecule has 106 valence electrons. The molecule has 0 bridgehead atoms. The van der Waals surface area contributed by atoms with E-state index in [0.717, 1.165) is 6.54 Å². The van der Waals surface area contributed by atoms with Crippen LogP contribution in [-0.2, 0) is 0 Å². The van der Waals surface area contributed by atoms with E-state index >= 15 is 0 Å². The van der Waals surface area contributed by atoms with Crippen molar-refractivity contribution in [1.29, 1.82) is 0 Å². The highest BCUT2D eigenvalue weighted by Gasteiger charge is 2.20. The molecule has 0 aliphatic heterocycles. The van der Waals surface area contributed by atoms with Crippen molar-refractivity contribution in [3.8, 4) is 0 Å². The molecule has 1 aromatic rings. The van der Waals surface area contributed by atoms with Gasteiger partial charge >= 0.3 is 5.97 Å². The zero-order chi connectivity index (χ0) is 14.6. The lowest BCUT2D eigenvalue weighted by Crippen LogP contribution is -2.34. The van der Waals surface area contributed by atoms with Crippen LogP contribution in [0.2, 0.25) is 0 Å². The molecule has 0 amide bonds. The standard InChI is InChI=1S/C14H23N3O2/c1-14(2,9-17(3)4)8-16-12-10(13(18)19)6-5-7-11(12)15/h5-7,16H,8-9,15H2,1-4H3,(H,18,19). The predicted octanol–water partition coefficient (Wildman–Crippen LogP) is 1.97. The molecule has 5 heteroatoms. The normalized spacial score (nSPS) is 11.6. The molecule has 19 heavy (non-hydrogen) atoms. The topological polar surface area (TPSA) is 78.6 Å². The molecule has 0 radical (unpaired) electrons. The first-order valence-corrected chi connectivity index (χ1v) is 6.23. The smallest absolute Gasteiger partial charge is 0.337 e. The first kappa shape index (κ1) is 15.3. The summed E-state index contributed by atoms with van der Waals surface area (Å²) in [6.07, 6.45) is 0. The van der Waals surface area contributed by atoms with Crippen molar-refractivity contribution in [2.75, 3.05) is 38.2 Å². The van der Waals surface area contributed by atoms with Crippen LogP contribution in [0.3, 0.4) is 0 Å². The number of nitrogens with one attached hydrogen (secondary N) is 1. The molecular weight excluding hydrogens is 242 g/mol. The van der Waals surface area contributed by atoms with Gasteiger partial charge in [-0.05, 0) is 31.6 Å². The van der Waals surface area contributed by atoms with Crippen molar-refractivity contribution in [3.05, 3.63) is 23.8 Å². The van der Waals surface area contributed by atoms with E-state index in [4.69, 9.17) is 10.8 Å². The van der Waals surface area contributed by atoms with Gasteiger partial charge in [0.1, 0.15) is 0 Å². The van der Waals surface area contributed by atoms with E-state index in [1.807, 2.05) is 14.1 Å². The second-order valence-corrected chi connectivity index (χ2v) is 5.83. The van der Waals surface area contributed by atoms with E-state index < -0.39 is 5.97 Å². The molecule has 0 saturated heterocycles. The molecule has 0 saturated carbocycles. The first-order valence-electron chi connectivity index (χ1n) is 6.23. The molecule has 0 unspecified atom stereocenters. The van der Waals surface area contributed by atoms with Crippen molar-refractivity contribution >= 4 is 17.3 Å². The molecule has 0 atom stereocenters. The minimum absolute atomic E-state index is 0.0154. The molecule has 1 aromatic carbocycles. The first-order chi connectivity index (χ1) is 8.73. The Labute approximate surface area is 114 Å². The van der Waals surface area contributed by atoms with E-state index in [2.05, 4.69) is 24.1 Å². The number of carboxylic acids is 1. The maximum absolute atomic E-state index is 11.2. The van der Waals surface area contributed by atoms with Crippen LogP contribution < -0.4 is 11.1 Å². The molecular formula is C14H23N3O2. The van der Waals surface area contributed by atoms with Crippen molar-refractivity contribution in [3.63, 3.8) is 0 Å². The minimum Gasteiger partial charge on any atom is -0.478 e. The van der Waals surface area contributed by atoms with Gasteiger partial charge in [0.15, 0.2) is 0 Å². The van der Waals surface area contributed by atoms with Crippen LogP contribution in [0.25, 0.3) is 0 Å². The zero-order valence-electron chi connectivity index (χ0n) is 12.0. The lowest BCUT2D eigenvalue weighted by Gasteiger charge is -2.29. The number of rotatable bonds is 6. The van der Waals surface area contributed by atoms with Crippen molar-refractivity contribution < 1.29 is 9.90 Å². The Morgan fingerprint density at radius 3 is 2.58 bits per heavy atom. The molecule has 0 spiro atoms. The number of hydrogen-bond acceptors (Lipinski definition) is 4. The predicted molar refractivity (Wildman–Crippen MR) is 78.6 cm³/mol. The number of nitrogens with zero attached hydrogens (tertiary/aromatic N) is 1. The van der Waals surface area contributed by atoms with Crippen molar-refractivity contribution in [1.82, 2.24) is 4.90 Å². The van der Waals surface area contributed by atoms with Crippen LogP contribution in [0.1, 0.15) is 24.2 Å². The van der Waals surface area contributed by atoms with Gasteiger partial charge in [-0.3, -0.25) is 0 Å². The third-order valence-electron chi connectivity index (χ3n) is 2.82. The minimum atomic E-state index is -0.972. The summed E-state index contributed by atoms with van der Waals surface area (Å²) in [7, 11) is 4.03. The Morgan fingerprint density at radius 1 is 1.42 bits per heavy atom. The molecule has 1 rings (SSSR count). The Morgan fingerprint density at radius 2 is 2.05 bits per heavy atom. The number of aromatic carboxylic acids is 1. The summed E-state index contributed by atoms with van der Waals surface area (Å²) >= 11 is 0. The number of nitrogen functional groups attached to an aromatic ring is 1. The fraction of sp³-hybridized carbons (Fsp3) is 0.500. The number of benzene rings is 1. The Kier molecular flexibility index (Phi) is 4.78. The number of carbonyl (C=O) groups is 1. The molecule has 0 aliphatic carbocycles. The number of hydrogen-bond donors (Lipinski definition) is 3. The maximum atomic E-state index is 11.2. The highest BCUT2D eigenvalue weighted by atomic mass is 16.4. The average Bonchev–Trinajstić information content (AvgIpc) is 2.25. The van der Waals surface area contributed by atoms with E-state index in [0.29, 0.717) is 17.9 Å². The van der Waals surface area contributed by atoms with Gasteiger partial charge in [0.2, 0.25) is 0 Å². The Hall–Kier alpha value is -1.75. The lowest BCUT2D eigenvalue weighted by atomic mass is 9.92. The van der Waals surface area contributed by atoms with Gasteiger partial charge in [0, 0.05) is 13.1 Å². The third-order valence-corrected chi connectivity index (χ3v) is 2.82. The number of nitrogens with two attached hydrogens (primary N) is 1. The number of anilines is 2. The number of para-hydroxylation sites is 1. The maximum Gasteiger partial charge on any atom is 0.337 e. The summed E-state index contributed by atoms with van der Waals surface area (Å²) in [4.78, 5) is 13.3. The van der Waals surface area contributed by atoms with E-state index in [9.17, 15) is 4.79 Å². The summed E-state index contributed by atoms with van der Waals surface area (Å²) in [5.74, 6) is -0.972. The summed E-state index contributed by atoms with van der Waals surface area (Å²) in [6, 6.07) is 4.91. The molecule has 4 N–H and O–H groups in total. The quantitative estimate of drug-likeness (QED) is 0.685. The summed E-state index contributed by atoms with van der Waals surface area (Å²) in [5.41, 5.74) is 7.04. The van der Waals surface area contributed by atoms with Crippen LogP contribution in [0, 0.1) is 5.41 Å². The van der Waals surface area contributed by atoms with Crippen molar-refractivity contribution in [2.45, 2.75) is 13.8 Å². The SMILES string of the molecule is CN(C)CC(C)(C)CNc1c(N)cccc1C(=O)O. The second-order valence-electron chi connectivity index (χ2n) is 5.83. The fourth-order valence-corrected chi connectivity index (χ4v) is 2.19. The van der Waals surface area contributed by atoms with Crippen LogP contribution in [0.5, 0.6) is 0 Å². The van der Waals surface area contributed by atoms with E-state index in [-0.39, 0.29) is 11.0 Å². The zero-order valence-corrected chi connectivity index (χ0v) is 12.0. The van der Waals surface area contributed by atoms with Gasteiger partial charge < -0.3 is 21.1 Å². The van der Waals surface area contributed by atoms with Crippen LogP contribution >= 0.6 is 0 Å². The van der Waals surface area contributed by atoms with Crippen molar-refractivity contribution in [2.24, 2.45) is 5.41 Å². The Balaban J connectivity index is 2.86. The summed E-state index contributed by atoms with van der Waals surface area (Å²) in [6.45, 7) is 5.80. The van der Waals surface area contributed by atoms with Gasteiger partial charge in [-0.25, -0.2) is 4.79 Å². The molecule has 0 aliphatic rings. The largest absolute Gasteiger partial charge is 0.478 e. The summed E-state index contributed by atoms with van der Waals surface area (Å²) < 4.78 is 0. The van der Waals surface area contributed by atoms with Crippen LogP contribution in [-0.4, -0.2) is 43.2 Å². The highest BCUT2D eigenvalue weighted by molar-refractivity contribution is 5.97. The highest BCUT2D eigenvalue weighted by Crippen LogP contribution is 2.26. The summed E-state index contributed by atoms with van der Waals surface area (Å²) in [5, 5.41) is 12.3. The molecule has 5 nitrogen and oxygen atoms in total. The Bertz CT molecular complexity index is 456. The molecule has 0 fully saturated rings. The van der Waals surface area contributed by atoms with Gasteiger partial charge in [-0.15, -0.1) is 0 Å². The van der Waals surface area contributed by atoms with Gasteiger partial charge in [0.25, 0.3) is 0 Å². The third kappa shape index (κ3) is 4.44.